The third-order valence-corrected chi connectivity index (χ3v) is 3.64. The zero-order valence-electron chi connectivity index (χ0n) is 11.0. The molecule has 2 unspecified atom stereocenters. The number of aromatic nitrogens is 1. The van der Waals surface area contributed by atoms with E-state index in [-0.39, 0.29) is 5.92 Å². The number of pyridine rings is 1. The smallest absolute Gasteiger partial charge is 0.313 e. The van der Waals surface area contributed by atoms with E-state index in [0.717, 1.165) is 30.5 Å². The van der Waals surface area contributed by atoms with Crippen molar-refractivity contribution in [1.82, 2.24) is 10.3 Å². The highest BCUT2D eigenvalue weighted by Crippen LogP contribution is 2.36. The topological polar surface area (TPSA) is 24.9 Å². The van der Waals surface area contributed by atoms with Crippen LogP contribution in [0.25, 0.3) is 0 Å². The Bertz CT molecular complexity index is 417. The first-order valence-corrected chi connectivity index (χ1v) is 6.75. The average Bonchev–Trinajstić information content (AvgIpc) is 2.36. The van der Waals surface area contributed by atoms with Crippen molar-refractivity contribution in [3.8, 4) is 0 Å². The molecule has 2 rings (SSSR count). The molecule has 0 spiro atoms. The van der Waals surface area contributed by atoms with Crippen molar-refractivity contribution in [3.05, 3.63) is 29.6 Å². The number of hydrogen-bond acceptors (Lipinski definition) is 2. The molecule has 2 atom stereocenters. The molecule has 1 N–H and O–H groups in total. The molecule has 1 aliphatic carbocycles. The lowest BCUT2D eigenvalue weighted by molar-refractivity contribution is -0.141. The number of fused-ring (bicyclic) bond motifs is 1. The second-order valence-electron chi connectivity index (χ2n) is 5.03. The van der Waals surface area contributed by atoms with E-state index in [2.05, 4.69) is 10.3 Å². The van der Waals surface area contributed by atoms with Gasteiger partial charge in [-0.1, -0.05) is 13.0 Å². The fourth-order valence-electron chi connectivity index (χ4n) is 2.91. The fraction of sp³-hybridized carbons (Fsp3) is 0.643. The van der Waals surface area contributed by atoms with Gasteiger partial charge in [-0.25, -0.2) is 0 Å². The summed E-state index contributed by atoms with van der Waals surface area (Å²) in [6.07, 6.45) is -0.625. The number of hydrogen-bond donors (Lipinski definition) is 1. The maximum absolute atomic E-state index is 12.7. The second-order valence-corrected chi connectivity index (χ2v) is 5.03. The van der Waals surface area contributed by atoms with Crippen LogP contribution >= 0.6 is 0 Å². The Morgan fingerprint density at radius 3 is 2.95 bits per heavy atom. The van der Waals surface area contributed by atoms with Crippen molar-refractivity contribution in [2.24, 2.45) is 0 Å². The molecular formula is C14H19F3N2. The highest BCUT2D eigenvalue weighted by molar-refractivity contribution is 5.27. The van der Waals surface area contributed by atoms with Gasteiger partial charge in [-0.05, 0) is 37.4 Å². The van der Waals surface area contributed by atoms with E-state index < -0.39 is 18.6 Å². The third kappa shape index (κ3) is 3.69. The lowest BCUT2D eigenvalue weighted by atomic mass is 9.81. The standard InChI is InChI=1S/C14H19F3N2/c1-2-18-12(9-14(15,16)17)11-7-3-5-10-6-4-8-19-13(10)11/h4,6,8,11-12,18H,2-3,5,7,9H2,1H3. The summed E-state index contributed by atoms with van der Waals surface area (Å²) in [5, 5.41) is 2.99. The first kappa shape index (κ1) is 14.3. The number of halogens is 3. The maximum Gasteiger partial charge on any atom is 0.390 e. The molecule has 0 aromatic carbocycles. The molecule has 0 bridgehead atoms. The average molecular weight is 272 g/mol. The normalized spacial score (nSPS) is 20.9. The van der Waals surface area contributed by atoms with Crippen LogP contribution < -0.4 is 5.32 Å². The van der Waals surface area contributed by atoms with Crippen molar-refractivity contribution in [1.29, 1.82) is 0 Å². The molecule has 0 amide bonds. The number of nitrogens with one attached hydrogen (secondary N) is 1. The molecule has 0 aliphatic heterocycles. The van der Waals surface area contributed by atoms with E-state index in [1.807, 2.05) is 19.1 Å². The van der Waals surface area contributed by atoms with Crippen molar-refractivity contribution in [3.63, 3.8) is 0 Å². The van der Waals surface area contributed by atoms with Crippen molar-refractivity contribution < 1.29 is 13.2 Å². The van der Waals surface area contributed by atoms with E-state index in [1.165, 1.54) is 0 Å². The molecule has 1 aliphatic rings. The second kappa shape index (κ2) is 5.90. The molecule has 0 saturated carbocycles. The van der Waals surface area contributed by atoms with Crippen LogP contribution in [0.2, 0.25) is 0 Å². The van der Waals surface area contributed by atoms with Crippen LogP contribution in [-0.4, -0.2) is 23.7 Å². The van der Waals surface area contributed by atoms with E-state index in [1.54, 1.807) is 6.20 Å². The summed E-state index contributed by atoms with van der Waals surface area (Å²) in [7, 11) is 0. The van der Waals surface area contributed by atoms with Gasteiger partial charge in [-0.15, -0.1) is 0 Å². The Kier molecular flexibility index (Phi) is 4.45. The molecule has 0 fully saturated rings. The number of nitrogens with zero attached hydrogens (tertiary/aromatic N) is 1. The first-order valence-electron chi connectivity index (χ1n) is 6.75. The van der Waals surface area contributed by atoms with E-state index >= 15 is 0 Å². The molecule has 0 saturated heterocycles. The summed E-state index contributed by atoms with van der Waals surface area (Å²) in [6, 6.07) is 3.26. The SMILES string of the molecule is CCNC(CC(F)(F)F)C1CCCc2cccnc21. The van der Waals surface area contributed by atoms with E-state index in [9.17, 15) is 13.2 Å². The Morgan fingerprint density at radius 2 is 2.26 bits per heavy atom. The predicted molar refractivity (Wildman–Crippen MR) is 68.1 cm³/mol. The van der Waals surface area contributed by atoms with Crippen molar-refractivity contribution in [2.45, 2.75) is 50.7 Å². The van der Waals surface area contributed by atoms with E-state index in [0.29, 0.717) is 6.54 Å². The van der Waals surface area contributed by atoms with Gasteiger partial charge >= 0.3 is 6.18 Å². The first-order chi connectivity index (χ1) is 9.01. The highest BCUT2D eigenvalue weighted by Gasteiger charge is 2.37. The summed E-state index contributed by atoms with van der Waals surface area (Å²) in [5.74, 6) is -0.133. The number of rotatable bonds is 4. The Hall–Kier alpha value is -1.10. The maximum atomic E-state index is 12.7. The molecule has 1 aromatic rings. The number of likely N-dealkylation sites (N-methyl/N-ethyl adjacent to an activating group) is 1. The van der Waals surface area contributed by atoms with Crippen LogP contribution in [0.5, 0.6) is 0 Å². The van der Waals surface area contributed by atoms with Gasteiger partial charge in [0.25, 0.3) is 0 Å². The van der Waals surface area contributed by atoms with Gasteiger partial charge in [0, 0.05) is 23.9 Å². The van der Waals surface area contributed by atoms with Crippen LogP contribution in [0.15, 0.2) is 18.3 Å². The quantitative estimate of drug-likeness (QED) is 0.908. The molecule has 19 heavy (non-hydrogen) atoms. The largest absolute Gasteiger partial charge is 0.390 e. The third-order valence-electron chi connectivity index (χ3n) is 3.64. The molecule has 2 nitrogen and oxygen atoms in total. The van der Waals surface area contributed by atoms with Crippen LogP contribution in [0.4, 0.5) is 13.2 Å². The van der Waals surface area contributed by atoms with Crippen LogP contribution in [0.3, 0.4) is 0 Å². The molecule has 1 aromatic heterocycles. The molecule has 0 radical (unpaired) electrons. The summed E-state index contributed by atoms with van der Waals surface area (Å²) >= 11 is 0. The zero-order chi connectivity index (χ0) is 13.9. The van der Waals surface area contributed by atoms with Gasteiger partial charge in [0.2, 0.25) is 0 Å². The Labute approximate surface area is 111 Å². The van der Waals surface area contributed by atoms with Gasteiger partial charge in [0.1, 0.15) is 0 Å². The van der Waals surface area contributed by atoms with Gasteiger partial charge in [0.15, 0.2) is 0 Å². The summed E-state index contributed by atoms with van der Waals surface area (Å²) in [4.78, 5) is 4.33. The zero-order valence-corrected chi connectivity index (χ0v) is 11.0. The van der Waals surface area contributed by atoms with Gasteiger partial charge < -0.3 is 5.32 Å². The van der Waals surface area contributed by atoms with Crippen LogP contribution in [-0.2, 0) is 6.42 Å². The minimum absolute atomic E-state index is 0.133. The Balaban J connectivity index is 2.23. The van der Waals surface area contributed by atoms with Gasteiger partial charge in [-0.3, -0.25) is 4.98 Å². The number of alkyl halides is 3. The highest BCUT2D eigenvalue weighted by atomic mass is 19.4. The molecule has 106 valence electrons. The van der Waals surface area contributed by atoms with Crippen LogP contribution in [0, 0.1) is 0 Å². The van der Waals surface area contributed by atoms with Gasteiger partial charge in [0.05, 0.1) is 6.42 Å². The van der Waals surface area contributed by atoms with Crippen molar-refractivity contribution in [2.75, 3.05) is 6.54 Å². The summed E-state index contributed by atoms with van der Waals surface area (Å²) in [6.45, 7) is 2.38. The van der Waals surface area contributed by atoms with Crippen LogP contribution in [0.1, 0.15) is 43.4 Å². The minimum atomic E-state index is -4.14. The summed E-state index contributed by atoms with van der Waals surface area (Å²) in [5.41, 5.74) is 1.95. The Morgan fingerprint density at radius 1 is 1.47 bits per heavy atom. The lowest BCUT2D eigenvalue weighted by Gasteiger charge is -2.32. The lowest BCUT2D eigenvalue weighted by Crippen LogP contribution is -2.40. The molecule has 5 heteroatoms. The monoisotopic (exact) mass is 272 g/mol. The molecule has 1 heterocycles. The summed E-state index contributed by atoms with van der Waals surface area (Å²) < 4.78 is 38.1. The number of aryl methyl sites for hydroxylation is 1. The predicted octanol–water partition coefficient (Wildman–Crippen LogP) is 3.43. The fourth-order valence-corrected chi connectivity index (χ4v) is 2.91. The minimum Gasteiger partial charge on any atom is -0.313 e. The van der Waals surface area contributed by atoms with E-state index in [4.69, 9.17) is 0 Å². The van der Waals surface area contributed by atoms with Gasteiger partial charge in [-0.2, -0.15) is 13.2 Å². The molecular weight excluding hydrogens is 253 g/mol. The van der Waals surface area contributed by atoms with Crippen molar-refractivity contribution >= 4 is 0 Å².